The topological polar surface area (TPSA) is 125 Å². The number of non-ortho nitro benzene ring substituents is 1. The Kier molecular flexibility index (Phi) is 4.62. The van der Waals surface area contributed by atoms with E-state index in [0.29, 0.717) is 5.69 Å². The molecule has 3 aromatic rings. The number of benzene rings is 1. The fourth-order valence-corrected chi connectivity index (χ4v) is 2.34. The van der Waals surface area contributed by atoms with E-state index in [0.717, 1.165) is 16.6 Å². The second-order valence-corrected chi connectivity index (χ2v) is 5.37. The van der Waals surface area contributed by atoms with Gasteiger partial charge in [-0.05, 0) is 19.1 Å². The number of rotatable bonds is 5. The number of halogens is 2. The summed E-state index contributed by atoms with van der Waals surface area (Å²) in [4.78, 5) is 30.4. The quantitative estimate of drug-likeness (QED) is 0.534. The van der Waals surface area contributed by atoms with Crippen molar-refractivity contribution in [2.24, 2.45) is 0 Å². The molecule has 12 heteroatoms. The van der Waals surface area contributed by atoms with Crippen LogP contribution in [0.3, 0.4) is 0 Å². The summed E-state index contributed by atoms with van der Waals surface area (Å²) < 4.78 is 32.1. The van der Waals surface area contributed by atoms with Crippen LogP contribution in [0.4, 0.5) is 20.2 Å². The lowest BCUT2D eigenvalue weighted by molar-refractivity contribution is -0.384. The van der Waals surface area contributed by atoms with Crippen LogP contribution in [0, 0.1) is 17.0 Å². The van der Waals surface area contributed by atoms with E-state index in [9.17, 15) is 23.7 Å². The van der Waals surface area contributed by atoms with E-state index in [1.54, 1.807) is 0 Å². The molecule has 140 valence electrons. The molecule has 2 aromatic heterocycles. The normalized spacial score (nSPS) is 11.0. The van der Waals surface area contributed by atoms with Gasteiger partial charge in [-0.2, -0.15) is 9.50 Å². The summed E-state index contributed by atoms with van der Waals surface area (Å²) >= 11 is 0. The van der Waals surface area contributed by atoms with Crippen molar-refractivity contribution in [1.29, 1.82) is 0 Å². The highest BCUT2D eigenvalue weighted by molar-refractivity contribution is 6.02. The Hall–Kier alpha value is -3.70. The van der Waals surface area contributed by atoms with Gasteiger partial charge in [0.25, 0.3) is 23.8 Å². The van der Waals surface area contributed by atoms with Gasteiger partial charge in [0.05, 0.1) is 23.8 Å². The third-order valence-corrected chi connectivity index (χ3v) is 3.54. The van der Waals surface area contributed by atoms with E-state index < -0.39 is 28.8 Å². The van der Waals surface area contributed by atoms with Crippen LogP contribution >= 0.6 is 0 Å². The maximum Gasteiger partial charge on any atom is 0.295 e. The molecule has 0 atom stereocenters. The van der Waals surface area contributed by atoms with Gasteiger partial charge >= 0.3 is 0 Å². The second kappa shape index (κ2) is 6.90. The zero-order chi connectivity index (χ0) is 19.7. The molecule has 0 aliphatic rings. The SMILES string of the molecule is COc1cc([N+](=O)[O-])ccc1NC(=O)c1nc2nc(C)cc(C(F)F)n2n1. The molecule has 0 radical (unpaired) electrons. The summed E-state index contributed by atoms with van der Waals surface area (Å²) in [6.07, 6.45) is -2.83. The molecule has 0 unspecified atom stereocenters. The number of hydrogen-bond donors (Lipinski definition) is 1. The molecule has 0 saturated carbocycles. The van der Waals surface area contributed by atoms with Crippen molar-refractivity contribution in [2.45, 2.75) is 13.3 Å². The fourth-order valence-electron chi connectivity index (χ4n) is 2.34. The molecule has 10 nitrogen and oxygen atoms in total. The number of methoxy groups -OCH3 is 1. The average molecular weight is 378 g/mol. The number of ether oxygens (including phenoxy) is 1. The van der Waals surface area contributed by atoms with Crippen LogP contribution in [0.15, 0.2) is 24.3 Å². The maximum atomic E-state index is 13.1. The zero-order valence-corrected chi connectivity index (χ0v) is 14.0. The minimum atomic E-state index is -2.83. The Morgan fingerprint density at radius 2 is 2.07 bits per heavy atom. The van der Waals surface area contributed by atoms with Crippen LogP contribution in [0.5, 0.6) is 5.75 Å². The van der Waals surface area contributed by atoms with Crippen LogP contribution in [0.2, 0.25) is 0 Å². The molecule has 0 fully saturated rings. The molecular weight excluding hydrogens is 366 g/mol. The van der Waals surface area contributed by atoms with Gasteiger partial charge in [0, 0.05) is 11.8 Å². The number of carbonyl (C=O) groups is 1. The summed E-state index contributed by atoms with van der Waals surface area (Å²) in [5.41, 5.74) is -0.242. The van der Waals surface area contributed by atoms with E-state index in [1.807, 2.05) is 0 Å². The number of alkyl halides is 2. The number of nitrogens with zero attached hydrogens (tertiary/aromatic N) is 5. The van der Waals surface area contributed by atoms with Gasteiger partial charge in [0.15, 0.2) is 0 Å². The number of fused-ring (bicyclic) bond motifs is 1. The number of nitro benzene ring substituents is 1. The van der Waals surface area contributed by atoms with E-state index in [1.165, 1.54) is 26.2 Å². The first kappa shape index (κ1) is 18.1. The number of amides is 1. The highest BCUT2D eigenvalue weighted by Crippen LogP contribution is 2.29. The molecule has 1 amide bonds. The van der Waals surface area contributed by atoms with Crippen molar-refractivity contribution >= 4 is 23.1 Å². The van der Waals surface area contributed by atoms with Crippen LogP contribution in [0.1, 0.15) is 28.4 Å². The van der Waals surface area contributed by atoms with E-state index in [-0.39, 0.29) is 22.9 Å². The summed E-state index contributed by atoms with van der Waals surface area (Å²) in [5.74, 6) is -1.31. The first-order chi connectivity index (χ1) is 12.8. The van der Waals surface area contributed by atoms with E-state index in [4.69, 9.17) is 4.74 Å². The van der Waals surface area contributed by atoms with E-state index in [2.05, 4.69) is 20.4 Å². The summed E-state index contributed by atoms with van der Waals surface area (Å²) in [6.45, 7) is 1.52. The van der Waals surface area contributed by atoms with Gasteiger partial charge in [0.2, 0.25) is 5.82 Å². The molecule has 27 heavy (non-hydrogen) atoms. The minimum absolute atomic E-state index is 0.0450. The van der Waals surface area contributed by atoms with Crippen LogP contribution in [-0.2, 0) is 0 Å². The number of aryl methyl sites for hydroxylation is 1. The summed E-state index contributed by atoms with van der Waals surface area (Å²) in [5, 5.41) is 17.0. The van der Waals surface area contributed by atoms with Crippen molar-refractivity contribution in [3.63, 3.8) is 0 Å². The van der Waals surface area contributed by atoms with Crippen molar-refractivity contribution in [3.05, 3.63) is 51.6 Å². The van der Waals surface area contributed by atoms with Crippen molar-refractivity contribution in [1.82, 2.24) is 19.6 Å². The molecule has 3 rings (SSSR count). The molecule has 0 aliphatic carbocycles. The Balaban J connectivity index is 1.95. The third kappa shape index (κ3) is 3.49. The fraction of sp³-hybridized carbons (Fsp3) is 0.200. The first-order valence-electron chi connectivity index (χ1n) is 7.46. The minimum Gasteiger partial charge on any atom is -0.494 e. The molecule has 1 N–H and O–H groups in total. The van der Waals surface area contributed by atoms with Gasteiger partial charge in [-0.25, -0.2) is 13.8 Å². The van der Waals surface area contributed by atoms with Gasteiger partial charge < -0.3 is 10.1 Å². The van der Waals surface area contributed by atoms with Gasteiger partial charge in [-0.3, -0.25) is 14.9 Å². The third-order valence-electron chi connectivity index (χ3n) is 3.54. The number of nitrogens with one attached hydrogen (secondary N) is 1. The largest absolute Gasteiger partial charge is 0.494 e. The predicted molar refractivity (Wildman–Crippen MR) is 88.1 cm³/mol. The number of carbonyl (C=O) groups excluding carboxylic acids is 1. The standard InChI is InChI=1S/C15H12F2N6O4/c1-7-5-10(12(16)17)22-15(18-7)20-13(21-22)14(24)19-9-4-3-8(23(25)26)6-11(9)27-2/h3-6,12H,1-2H3,(H,19,24). The zero-order valence-electron chi connectivity index (χ0n) is 14.0. The van der Waals surface area contributed by atoms with Crippen LogP contribution in [-0.4, -0.2) is 37.5 Å². The number of hydrogen-bond acceptors (Lipinski definition) is 7. The van der Waals surface area contributed by atoms with Crippen molar-refractivity contribution < 1.29 is 23.2 Å². The van der Waals surface area contributed by atoms with Gasteiger partial charge in [-0.1, -0.05) is 0 Å². The first-order valence-corrected chi connectivity index (χ1v) is 7.46. The van der Waals surface area contributed by atoms with Crippen LogP contribution in [0.25, 0.3) is 5.78 Å². The smallest absolute Gasteiger partial charge is 0.295 e. The Morgan fingerprint density at radius 1 is 1.33 bits per heavy atom. The molecule has 0 saturated heterocycles. The lowest BCUT2D eigenvalue weighted by Crippen LogP contribution is -2.15. The Bertz CT molecular complexity index is 1050. The van der Waals surface area contributed by atoms with Crippen molar-refractivity contribution in [2.75, 3.05) is 12.4 Å². The number of anilines is 1. The Labute approximate surface area is 150 Å². The maximum absolute atomic E-state index is 13.1. The second-order valence-electron chi connectivity index (χ2n) is 5.37. The summed E-state index contributed by atoms with van der Waals surface area (Å²) in [7, 11) is 1.28. The Morgan fingerprint density at radius 3 is 2.70 bits per heavy atom. The predicted octanol–water partition coefficient (Wildman–Crippen LogP) is 2.54. The highest BCUT2D eigenvalue weighted by atomic mass is 19.3. The van der Waals surface area contributed by atoms with E-state index >= 15 is 0 Å². The lowest BCUT2D eigenvalue weighted by atomic mass is 10.2. The molecule has 0 aliphatic heterocycles. The number of aromatic nitrogens is 4. The molecular formula is C15H12F2N6O4. The molecule has 1 aromatic carbocycles. The number of nitro groups is 1. The lowest BCUT2D eigenvalue weighted by Gasteiger charge is -2.08. The molecule has 0 spiro atoms. The average Bonchev–Trinajstić information content (AvgIpc) is 3.04. The molecule has 0 bridgehead atoms. The van der Waals surface area contributed by atoms with Gasteiger partial charge in [0.1, 0.15) is 11.4 Å². The monoisotopic (exact) mass is 378 g/mol. The highest BCUT2D eigenvalue weighted by Gasteiger charge is 2.21. The summed E-state index contributed by atoms with van der Waals surface area (Å²) in [6, 6.07) is 4.73. The van der Waals surface area contributed by atoms with Crippen LogP contribution < -0.4 is 10.1 Å². The van der Waals surface area contributed by atoms with Gasteiger partial charge in [-0.15, -0.1) is 5.10 Å². The molecule has 2 heterocycles. The van der Waals surface area contributed by atoms with Crippen molar-refractivity contribution in [3.8, 4) is 5.75 Å².